The van der Waals surface area contributed by atoms with Gasteiger partial charge in [0.1, 0.15) is 5.82 Å². The number of rotatable bonds is 1. The second-order valence-corrected chi connectivity index (χ2v) is 9.75. The molecule has 5 heteroatoms. The zero-order valence-electron chi connectivity index (χ0n) is 18.7. The van der Waals surface area contributed by atoms with Crippen LogP contribution in [0.4, 0.5) is 11.5 Å². The third-order valence-electron chi connectivity index (χ3n) is 8.22. The largest absolute Gasteiger partial charge is 0.320 e. The van der Waals surface area contributed by atoms with Crippen LogP contribution in [0.3, 0.4) is 0 Å². The molecule has 1 atom stereocenters. The third kappa shape index (κ3) is 2.21. The van der Waals surface area contributed by atoms with Crippen molar-refractivity contribution in [2.75, 3.05) is 4.90 Å². The van der Waals surface area contributed by atoms with Crippen LogP contribution < -0.4 is 4.90 Å². The first-order valence-corrected chi connectivity index (χ1v) is 11.9. The molecule has 32 heavy (non-hydrogen) atoms. The van der Waals surface area contributed by atoms with Crippen LogP contribution in [0.15, 0.2) is 48.8 Å². The van der Waals surface area contributed by atoms with Gasteiger partial charge in [-0.15, -0.1) is 0 Å². The van der Waals surface area contributed by atoms with Gasteiger partial charge >= 0.3 is 0 Å². The zero-order chi connectivity index (χ0) is 21.4. The SMILES string of the molecule is Cc1ccc2c(c1N1c3nccnc3C3(CCCCC3)C1C)Cc1nc3ccccc3n1-2. The molecule has 0 N–H and O–H groups in total. The minimum absolute atomic E-state index is 0.107. The van der Waals surface area contributed by atoms with Gasteiger partial charge in [0.15, 0.2) is 5.82 Å². The van der Waals surface area contributed by atoms with Gasteiger partial charge < -0.3 is 4.90 Å². The van der Waals surface area contributed by atoms with Crippen LogP contribution in [0.5, 0.6) is 0 Å². The summed E-state index contributed by atoms with van der Waals surface area (Å²) >= 11 is 0. The first kappa shape index (κ1) is 18.4. The van der Waals surface area contributed by atoms with Crippen LogP contribution >= 0.6 is 0 Å². The van der Waals surface area contributed by atoms with E-state index in [1.165, 1.54) is 65.8 Å². The Morgan fingerprint density at radius 2 is 1.78 bits per heavy atom. The molecule has 7 rings (SSSR count). The summed E-state index contributed by atoms with van der Waals surface area (Å²) < 4.78 is 2.35. The monoisotopic (exact) mass is 421 g/mol. The summed E-state index contributed by atoms with van der Waals surface area (Å²) in [7, 11) is 0. The summed E-state index contributed by atoms with van der Waals surface area (Å²) in [5, 5.41) is 0. The lowest BCUT2D eigenvalue weighted by atomic mass is 9.69. The van der Waals surface area contributed by atoms with Gasteiger partial charge in [-0.1, -0.05) is 37.5 Å². The molecule has 5 nitrogen and oxygen atoms in total. The van der Waals surface area contributed by atoms with Crippen LogP contribution in [0.1, 0.15) is 61.7 Å². The van der Waals surface area contributed by atoms with E-state index in [4.69, 9.17) is 15.0 Å². The average molecular weight is 422 g/mol. The van der Waals surface area contributed by atoms with E-state index < -0.39 is 0 Å². The Morgan fingerprint density at radius 3 is 2.66 bits per heavy atom. The number of aryl methyl sites for hydroxylation is 1. The molecule has 4 aromatic rings. The highest BCUT2D eigenvalue weighted by Gasteiger charge is 2.52. The molecule has 0 bridgehead atoms. The van der Waals surface area contributed by atoms with Crippen molar-refractivity contribution in [3.05, 3.63) is 71.4 Å². The standard InChI is InChI=1S/C27H27N5/c1-17-10-11-21-19(16-23-30-20-8-4-5-9-22(20)32(21)23)24(17)31-18(2)27(12-6-3-7-13-27)25-26(31)29-15-14-28-25/h4-5,8-11,14-15,18H,3,6-7,12-13,16H2,1-2H3. The maximum absolute atomic E-state index is 4.97. The van der Waals surface area contributed by atoms with Gasteiger partial charge in [-0.25, -0.2) is 9.97 Å². The predicted molar refractivity (Wildman–Crippen MR) is 127 cm³/mol. The molecule has 160 valence electrons. The highest BCUT2D eigenvalue weighted by atomic mass is 15.3. The lowest BCUT2D eigenvalue weighted by Crippen LogP contribution is -2.43. The lowest BCUT2D eigenvalue weighted by molar-refractivity contribution is 0.262. The molecule has 1 unspecified atom stereocenters. The van der Waals surface area contributed by atoms with E-state index in [0.29, 0.717) is 6.04 Å². The van der Waals surface area contributed by atoms with Crippen LogP contribution in [-0.2, 0) is 11.8 Å². The zero-order valence-corrected chi connectivity index (χ0v) is 18.7. The molecule has 1 aliphatic carbocycles. The molecule has 2 aromatic heterocycles. The Balaban J connectivity index is 1.45. The van der Waals surface area contributed by atoms with Crippen molar-refractivity contribution in [3.8, 4) is 5.69 Å². The molecule has 4 heterocycles. The summed E-state index contributed by atoms with van der Waals surface area (Å²) in [6.07, 6.45) is 10.9. The Kier molecular flexibility index (Phi) is 3.68. The topological polar surface area (TPSA) is 46.8 Å². The average Bonchev–Trinajstić information content (AvgIpc) is 3.43. The van der Waals surface area contributed by atoms with E-state index in [9.17, 15) is 0 Å². The first-order valence-electron chi connectivity index (χ1n) is 11.9. The number of hydrogen-bond acceptors (Lipinski definition) is 4. The number of imidazole rings is 1. The number of anilines is 2. The fourth-order valence-electron chi connectivity index (χ4n) is 6.71. The highest BCUT2D eigenvalue weighted by Crippen LogP contribution is 2.55. The maximum atomic E-state index is 4.97. The number of aromatic nitrogens is 4. The molecule has 2 aromatic carbocycles. The molecular formula is C27H27N5. The van der Waals surface area contributed by atoms with E-state index in [2.05, 4.69) is 59.7 Å². The minimum Gasteiger partial charge on any atom is -0.320 e. The normalized spacial score (nSPS) is 20.6. The Hall–Kier alpha value is -3.21. The van der Waals surface area contributed by atoms with E-state index in [0.717, 1.165) is 23.6 Å². The summed E-state index contributed by atoms with van der Waals surface area (Å²) in [6, 6.07) is 13.3. The van der Waals surface area contributed by atoms with E-state index in [1.54, 1.807) is 0 Å². The number of para-hydroxylation sites is 2. The van der Waals surface area contributed by atoms with Gasteiger partial charge in [0.2, 0.25) is 0 Å². The number of hydrogen-bond donors (Lipinski definition) is 0. The predicted octanol–water partition coefficient (Wildman–Crippen LogP) is 5.77. The Labute approximate surface area is 188 Å². The van der Waals surface area contributed by atoms with E-state index in [-0.39, 0.29) is 5.41 Å². The van der Waals surface area contributed by atoms with Gasteiger partial charge in [-0.2, -0.15) is 0 Å². The molecule has 0 radical (unpaired) electrons. The van der Waals surface area contributed by atoms with Gasteiger partial charge in [-0.05, 0) is 50.5 Å². The van der Waals surface area contributed by atoms with Crippen molar-refractivity contribution in [2.45, 2.75) is 63.8 Å². The molecule has 0 amide bonds. The summed E-state index contributed by atoms with van der Waals surface area (Å²) in [4.78, 5) is 17.3. The van der Waals surface area contributed by atoms with Gasteiger partial charge in [-0.3, -0.25) is 9.55 Å². The quantitative estimate of drug-likeness (QED) is 0.345. The van der Waals surface area contributed by atoms with Crippen molar-refractivity contribution >= 4 is 22.5 Å². The molecule has 1 saturated carbocycles. The van der Waals surface area contributed by atoms with Crippen LogP contribution in [0.25, 0.3) is 16.7 Å². The Morgan fingerprint density at radius 1 is 0.969 bits per heavy atom. The van der Waals surface area contributed by atoms with Gasteiger partial charge in [0.25, 0.3) is 0 Å². The molecule has 2 aliphatic heterocycles. The number of fused-ring (bicyclic) bond motifs is 7. The second-order valence-electron chi connectivity index (χ2n) is 9.75. The van der Waals surface area contributed by atoms with Crippen molar-refractivity contribution in [2.24, 2.45) is 0 Å². The van der Waals surface area contributed by atoms with Crippen molar-refractivity contribution in [1.82, 2.24) is 19.5 Å². The Bertz CT molecular complexity index is 1380. The van der Waals surface area contributed by atoms with Crippen molar-refractivity contribution in [1.29, 1.82) is 0 Å². The van der Waals surface area contributed by atoms with Crippen LogP contribution in [0.2, 0.25) is 0 Å². The van der Waals surface area contributed by atoms with Gasteiger partial charge in [0, 0.05) is 35.8 Å². The lowest BCUT2D eigenvalue weighted by Gasteiger charge is -2.40. The second kappa shape index (κ2) is 6.41. The summed E-state index contributed by atoms with van der Waals surface area (Å²) in [5.41, 5.74) is 8.83. The number of benzene rings is 2. The smallest absolute Gasteiger partial charge is 0.155 e. The fraction of sp³-hybridized carbons (Fsp3) is 0.370. The molecule has 0 saturated heterocycles. The molecule has 1 spiro atoms. The van der Waals surface area contributed by atoms with Crippen molar-refractivity contribution < 1.29 is 0 Å². The number of nitrogens with zero attached hydrogens (tertiary/aromatic N) is 5. The van der Waals surface area contributed by atoms with E-state index in [1.807, 2.05) is 12.4 Å². The summed E-state index contributed by atoms with van der Waals surface area (Å²) in [6.45, 7) is 4.64. The summed E-state index contributed by atoms with van der Waals surface area (Å²) in [5.74, 6) is 2.19. The first-order chi connectivity index (χ1) is 15.7. The fourth-order valence-corrected chi connectivity index (χ4v) is 6.71. The van der Waals surface area contributed by atoms with Gasteiger partial charge in [0.05, 0.1) is 28.1 Å². The maximum Gasteiger partial charge on any atom is 0.155 e. The third-order valence-corrected chi connectivity index (χ3v) is 8.22. The molecule has 1 fully saturated rings. The highest BCUT2D eigenvalue weighted by molar-refractivity contribution is 5.84. The molecule has 3 aliphatic rings. The van der Waals surface area contributed by atoms with Crippen molar-refractivity contribution in [3.63, 3.8) is 0 Å². The van der Waals surface area contributed by atoms with E-state index >= 15 is 0 Å². The molecular weight excluding hydrogens is 394 g/mol. The van der Waals surface area contributed by atoms with Crippen LogP contribution in [-0.4, -0.2) is 25.6 Å². The van der Waals surface area contributed by atoms with Crippen LogP contribution in [0, 0.1) is 6.92 Å². The minimum atomic E-state index is 0.107.